The molecule has 0 saturated heterocycles. The van der Waals surface area contributed by atoms with E-state index in [-0.39, 0.29) is 23.1 Å². The number of pyridine rings is 1. The van der Waals surface area contributed by atoms with Crippen molar-refractivity contribution in [1.82, 2.24) is 19.3 Å². The molecule has 1 unspecified atom stereocenters. The lowest BCUT2D eigenvalue weighted by Gasteiger charge is -2.18. The Labute approximate surface area is 202 Å². The lowest BCUT2D eigenvalue weighted by molar-refractivity contribution is 0.101. The predicted octanol–water partition coefficient (Wildman–Crippen LogP) is 4.04. The summed E-state index contributed by atoms with van der Waals surface area (Å²) in [6.07, 6.45) is 5.35. The topological polar surface area (TPSA) is 100 Å². The van der Waals surface area contributed by atoms with Crippen molar-refractivity contribution in [2.45, 2.75) is 65.5 Å². The minimum absolute atomic E-state index is 0.0152. The van der Waals surface area contributed by atoms with E-state index in [0.29, 0.717) is 30.4 Å². The first-order valence-electron chi connectivity index (χ1n) is 11.8. The standard InChI is InChI=1S/C25H30FN5O4/c1-5-8-16(3)35-21-13-20(31-25(33)30-10-7-6-9-22(30)29-31)18(26)12-17(21)24(32)28-19-14-27-23(34-4)11-15(19)2/h11-14,16H,5-10H2,1-4H3,(H,28,32). The number of fused-ring (bicyclic) bond motifs is 1. The molecule has 0 bridgehead atoms. The zero-order valence-corrected chi connectivity index (χ0v) is 20.4. The van der Waals surface area contributed by atoms with Gasteiger partial charge in [0.05, 0.1) is 30.7 Å². The number of nitrogens with one attached hydrogen (secondary N) is 1. The number of benzene rings is 1. The Kier molecular flexibility index (Phi) is 7.18. The Hall–Kier alpha value is -3.69. The van der Waals surface area contributed by atoms with Crippen LogP contribution in [0, 0.1) is 12.7 Å². The van der Waals surface area contributed by atoms with Crippen LogP contribution in [0.25, 0.3) is 5.69 Å². The van der Waals surface area contributed by atoms with E-state index in [0.717, 1.165) is 42.0 Å². The van der Waals surface area contributed by atoms with Gasteiger partial charge in [0.2, 0.25) is 5.88 Å². The number of carbonyl (C=O) groups excluding carboxylic acids is 1. The maximum atomic E-state index is 15.3. The predicted molar refractivity (Wildman–Crippen MR) is 129 cm³/mol. The summed E-state index contributed by atoms with van der Waals surface area (Å²) in [4.78, 5) is 30.2. The molecule has 3 heterocycles. The second-order valence-electron chi connectivity index (χ2n) is 8.73. The molecular formula is C25H30FN5O4. The van der Waals surface area contributed by atoms with Crippen LogP contribution in [-0.4, -0.2) is 38.5 Å². The molecule has 186 valence electrons. The fraction of sp³-hybridized carbons (Fsp3) is 0.440. The van der Waals surface area contributed by atoms with Crippen molar-refractivity contribution < 1.29 is 18.7 Å². The third kappa shape index (κ3) is 5.06. The average Bonchev–Trinajstić information content (AvgIpc) is 3.17. The van der Waals surface area contributed by atoms with Crippen LogP contribution in [0.15, 0.2) is 29.2 Å². The number of hydrogen-bond donors (Lipinski definition) is 1. The first kappa shape index (κ1) is 24.4. The van der Waals surface area contributed by atoms with E-state index < -0.39 is 17.4 Å². The minimum atomic E-state index is -0.743. The third-order valence-corrected chi connectivity index (χ3v) is 6.06. The summed E-state index contributed by atoms with van der Waals surface area (Å²) >= 11 is 0. The molecule has 35 heavy (non-hydrogen) atoms. The maximum Gasteiger partial charge on any atom is 0.350 e. The van der Waals surface area contributed by atoms with Gasteiger partial charge in [0.25, 0.3) is 5.91 Å². The summed E-state index contributed by atoms with van der Waals surface area (Å²) in [7, 11) is 1.51. The van der Waals surface area contributed by atoms with E-state index in [9.17, 15) is 9.59 Å². The SMILES string of the molecule is CCCC(C)Oc1cc(-n2nc3n(c2=O)CCCC3)c(F)cc1C(=O)Nc1cnc(OC)cc1C. The van der Waals surface area contributed by atoms with Crippen molar-refractivity contribution in [3.8, 4) is 17.3 Å². The first-order valence-corrected chi connectivity index (χ1v) is 11.8. The first-order chi connectivity index (χ1) is 16.8. The van der Waals surface area contributed by atoms with Crippen LogP contribution in [0.2, 0.25) is 0 Å². The monoisotopic (exact) mass is 483 g/mol. The quantitative estimate of drug-likeness (QED) is 0.519. The lowest BCUT2D eigenvalue weighted by Crippen LogP contribution is -2.27. The number of amides is 1. The lowest BCUT2D eigenvalue weighted by atomic mass is 10.1. The van der Waals surface area contributed by atoms with Crippen LogP contribution in [0.3, 0.4) is 0 Å². The summed E-state index contributed by atoms with van der Waals surface area (Å²) in [6.45, 7) is 6.27. The van der Waals surface area contributed by atoms with Crippen LogP contribution in [0.5, 0.6) is 11.6 Å². The number of nitrogens with zero attached hydrogens (tertiary/aromatic N) is 4. The number of aromatic nitrogens is 4. The van der Waals surface area contributed by atoms with Crippen molar-refractivity contribution in [1.29, 1.82) is 0 Å². The fourth-order valence-corrected chi connectivity index (χ4v) is 4.18. The van der Waals surface area contributed by atoms with Crippen LogP contribution in [0.4, 0.5) is 10.1 Å². The molecule has 10 heteroatoms. The van der Waals surface area contributed by atoms with Crippen molar-refractivity contribution >= 4 is 11.6 Å². The Morgan fingerprint density at radius 2 is 2.09 bits per heavy atom. The Balaban J connectivity index is 1.74. The molecule has 0 fully saturated rings. The minimum Gasteiger partial charge on any atom is -0.490 e. The van der Waals surface area contributed by atoms with Gasteiger partial charge in [-0.2, -0.15) is 4.68 Å². The number of halogens is 1. The Morgan fingerprint density at radius 3 is 2.77 bits per heavy atom. The molecule has 0 spiro atoms. The number of aryl methyl sites for hydroxylation is 2. The van der Waals surface area contributed by atoms with Gasteiger partial charge in [-0.05, 0) is 44.7 Å². The number of rotatable bonds is 8. The van der Waals surface area contributed by atoms with Gasteiger partial charge in [-0.25, -0.2) is 14.2 Å². The van der Waals surface area contributed by atoms with Gasteiger partial charge in [-0.15, -0.1) is 5.10 Å². The van der Waals surface area contributed by atoms with E-state index in [4.69, 9.17) is 9.47 Å². The molecule has 9 nitrogen and oxygen atoms in total. The molecular weight excluding hydrogens is 453 g/mol. The number of ether oxygens (including phenoxy) is 2. The van der Waals surface area contributed by atoms with E-state index in [2.05, 4.69) is 15.4 Å². The van der Waals surface area contributed by atoms with Crippen molar-refractivity contribution in [2.75, 3.05) is 12.4 Å². The number of anilines is 1. The Bertz CT molecular complexity index is 1300. The second-order valence-corrected chi connectivity index (χ2v) is 8.73. The smallest absolute Gasteiger partial charge is 0.350 e. The highest BCUT2D eigenvalue weighted by atomic mass is 19.1. The van der Waals surface area contributed by atoms with Gasteiger partial charge in [0, 0.05) is 25.1 Å². The highest BCUT2D eigenvalue weighted by molar-refractivity contribution is 6.06. The van der Waals surface area contributed by atoms with Crippen LogP contribution < -0.4 is 20.5 Å². The van der Waals surface area contributed by atoms with Crippen LogP contribution >= 0.6 is 0 Å². The molecule has 1 amide bonds. The van der Waals surface area contributed by atoms with E-state index in [1.165, 1.54) is 19.4 Å². The molecule has 1 N–H and O–H groups in total. The van der Waals surface area contributed by atoms with Gasteiger partial charge in [0.15, 0.2) is 0 Å². The van der Waals surface area contributed by atoms with Crippen molar-refractivity contribution in [3.63, 3.8) is 0 Å². The van der Waals surface area contributed by atoms with Gasteiger partial charge < -0.3 is 14.8 Å². The summed E-state index contributed by atoms with van der Waals surface area (Å²) in [5.74, 6) is -0.0707. The van der Waals surface area contributed by atoms with Gasteiger partial charge in [-0.3, -0.25) is 9.36 Å². The van der Waals surface area contributed by atoms with Gasteiger partial charge in [0.1, 0.15) is 23.1 Å². The highest BCUT2D eigenvalue weighted by Gasteiger charge is 2.24. The summed E-state index contributed by atoms with van der Waals surface area (Å²) in [5, 5.41) is 7.13. The summed E-state index contributed by atoms with van der Waals surface area (Å²) in [5.41, 5.74) is 0.768. The molecule has 1 aliphatic heterocycles. The number of carbonyl (C=O) groups is 1. The second kappa shape index (κ2) is 10.3. The molecule has 1 atom stereocenters. The number of hydrogen-bond acceptors (Lipinski definition) is 6. The third-order valence-electron chi connectivity index (χ3n) is 6.06. The highest BCUT2D eigenvalue weighted by Crippen LogP contribution is 2.29. The summed E-state index contributed by atoms with van der Waals surface area (Å²) < 4.78 is 29.1. The number of methoxy groups -OCH3 is 1. The largest absolute Gasteiger partial charge is 0.490 e. The normalized spacial score (nSPS) is 13.7. The molecule has 1 aromatic carbocycles. The zero-order chi connectivity index (χ0) is 25.1. The molecule has 3 aromatic rings. The molecule has 0 aliphatic carbocycles. The maximum absolute atomic E-state index is 15.3. The molecule has 1 aliphatic rings. The zero-order valence-electron chi connectivity index (χ0n) is 20.4. The Morgan fingerprint density at radius 1 is 1.29 bits per heavy atom. The molecule has 0 radical (unpaired) electrons. The van der Waals surface area contributed by atoms with E-state index in [1.54, 1.807) is 17.6 Å². The fourth-order valence-electron chi connectivity index (χ4n) is 4.18. The molecule has 2 aromatic heterocycles. The van der Waals surface area contributed by atoms with Crippen LogP contribution in [-0.2, 0) is 13.0 Å². The van der Waals surface area contributed by atoms with E-state index >= 15 is 4.39 Å². The van der Waals surface area contributed by atoms with Crippen molar-refractivity contribution in [2.24, 2.45) is 0 Å². The van der Waals surface area contributed by atoms with E-state index in [1.807, 2.05) is 13.8 Å². The van der Waals surface area contributed by atoms with Crippen LogP contribution in [0.1, 0.15) is 61.3 Å². The summed E-state index contributed by atoms with van der Waals surface area (Å²) in [6, 6.07) is 4.17. The molecule has 0 saturated carbocycles. The molecule has 4 rings (SSSR count). The van der Waals surface area contributed by atoms with Gasteiger partial charge in [-0.1, -0.05) is 13.3 Å². The average molecular weight is 484 g/mol. The van der Waals surface area contributed by atoms with Crippen molar-refractivity contribution in [3.05, 3.63) is 57.6 Å². The van der Waals surface area contributed by atoms with Gasteiger partial charge >= 0.3 is 5.69 Å².